The van der Waals surface area contributed by atoms with Gasteiger partial charge in [0.25, 0.3) is 5.91 Å². The molecule has 0 saturated carbocycles. The summed E-state index contributed by atoms with van der Waals surface area (Å²) in [7, 11) is 0. The fraction of sp³-hybridized carbons (Fsp3) is 0.438. The normalized spacial score (nSPS) is 15.8. The summed E-state index contributed by atoms with van der Waals surface area (Å²) in [5, 5.41) is 8.63. The molecule has 1 aromatic rings. The number of piperidine rings is 1. The Morgan fingerprint density at radius 2 is 1.95 bits per heavy atom. The van der Waals surface area contributed by atoms with Gasteiger partial charge in [0.2, 0.25) is 0 Å². The maximum atomic E-state index is 12.3. The Morgan fingerprint density at radius 3 is 2.53 bits per heavy atom. The Morgan fingerprint density at radius 1 is 1.32 bits per heavy atom. The third-order valence-electron chi connectivity index (χ3n) is 3.51. The van der Waals surface area contributed by atoms with Crippen LogP contribution < -0.4 is 0 Å². The van der Waals surface area contributed by atoms with E-state index in [1.54, 1.807) is 0 Å². The van der Waals surface area contributed by atoms with E-state index in [9.17, 15) is 4.79 Å². The first-order valence-corrected chi connectivity index (χ1v) is 6.70. The lowest BCUT2D eigenvalue weighted by Crippen LogP contribution is -2.37. The number of carbonyl (C=O) groups excluding carboxylic acids is 1. The van der Waals surface area contributed by atoms with E-state index >= 15 is 0 Å². The van der Waals surface area contributed by atoms with Crippen molar-refractivity contribution < 1.29 is 9.90 Å². The molecule has 3 nitrogen and oxygen atoms in total. The topological polar surface area (TPSA) is 40.5 Å². The highest BCUT2D eigenvalue weighted by Crippen LogP contribution is 2.18. The molecule has 1 heterocycles. The minimum atomic E-state index is -0.146. The van der Waals surface area contributed by atoms with Gasteiger partial charge in [0, 0.05) is 24.2 Å². The zero-order chi connectivity index (χ0) is 13.7. The van der Waals surface area contributed by atoms with Crippen LogP contribution in [0.25, 0.3) is 0 Å². The molecule has 1 aliphatic heterocycles. The second-order valence-electron chi connectivity index (χ2n) is 5.01. The van der Waals surface area contributed by atoms with Crippen LogP contribution in [0.15, 0.2) is 24.3 Å². The first-order valence-electron chi connectivity index (χ1n) is 6.70. The molecule has 0 radical (unpaired) electrons. The Balaban J connectivity index is 2.03. The van der Waals surface area contributed by atoms with Crippen LogP contribution in [-0.4, -0.2) is 35.6 Å². The zero-order valence-electron chi connectivity index (χ0n) is 11.2. The highest BCUT2D eigenvalue weighted by molar-refractivity contribution is 5.94. The van der Waals surface area contributed by atoms with Gasteiger partial charge in [-0.3, -0.25) is 4.79 Å². The molecule has 1 N–H and O–H groups in total. The Bertz CT molecular complexity index is 488. The lowest BCUT2D eigenvalue weighted by molar-refractivity contribution is 0.0697. The molecule has 3 heteroatoms. The Labute approximate surface area is 114 Å². The van der Waals surface area contributed by atoms with Crippen molar-refractivity contribution in [3.05, 3.63) is 35.4 Å². The van der Waals surface area contributed by atoms with Crippen molar-refractivity contribution in [1.82, 2.24) is 4.90 Å². The molecule has 0 atom stereocenters. The predicted molar refractivity (Wildman–Crippen MR) is 74.7 cm³/mol. The van der Waals surface area contributed by atoms with Crippen molar-refractivity contribution in [2.45, 2.75) is 19.8 Å². The zero-order valence-corrected chi connectivity index (χ0v) is 11.2. The van der Waals surface area contributed by atoms with Gasteiger partial charge in [0.05, 0.1) is 0 Å². The van der Waals surface area contributed by atoms with Gasteiger partial charge in [-0.25, -0.2) is 0 Å². The van der Waals surface area contributed by atoms with Gasteiger partial charge < -0.3 is 10.0 Å². The molecule has 0 bridgehead atoms. The summed E-state index contributed by atoms with van der Waals surface area (Å²) in [4.78, 5) is 14.2. The minimum Gasteiger partial charge on any atom is -0.384 e. The largest absolute Gasteiger partial charge is 0.384 e. The number of carbonyl (C=O) groups is 1. The second-order valence-corrected chi connectivity index (χ2v) is 5.01. The molecule has 1 aliphatic rings. The molecular formula is C16H19NO2. The van der Waals surface area contributed by atoms with Crippen molar-refractivity contribution in [1.29, 1.82) is 0 Å². The van der Waals surface area contributed by atoms with Crippen LogP contribution in [0.4, 0.5) is 0 Å². The quantitative estimate of drug-likeness (QED) is 0.781. The number of hydrogen-bond acceptors (Lipinski definition) is 2. The highest BCUT2D eigenvalue weighted by atomic mass is 16.2. The summed E-state index contributed by atoms with van der Waals surface area (Å²) in [5.41, 5.74) is 1.53. The molecular weight excluding hydrogens is 238 g/mol. The lowest BCUT2D eigenvalue weighted by atomic mass is 9.98. The Kier molecular flexibility index (Phi) is 4.59. The number of aliphatic hydroxyl groups is 1. The molecule has 2 rings (SSSR count). The van der Waals surface area contributed by atoms with Crippen molar-refractivity contribution in [2.24, 2.45) is 5.92 Å². The lowest BCUT2D eigenvalue weighted by Gasteiger charge is -2.30. The standard InChI is InChI=1S/C16H19NO2/c1-13-8-10-17(11-9-13)16(19)15-6-4-14(5-7-15)3-2-12-18/h4-7,13,18H,8-12H2,1H3. The average molecular weight is 257 g/mol. The molecule has 0 unspecified atom stereocenters. The van der Waals surface area contributed by atoms with Crippen LogP contribution in [0, 0.1) is 17.8 Å². The minimum absolute atomic E-state index is 0.105. The van der Waals surface area contributed by atoms with Crippen molar-refractivity contribution in [2.75, 3.05) is 19.7 Å². The molecule has 19 heavy (non-hydrogen) atoms. The summed E-state index contributed by atoms with van der Waals surface area (Å²) >= 11 is 0. The monoisotopic (exact) mass is 257 g/mol. The first-order chi connectivity index (χ1) is 9.20. The number of rotatable bonds is 1. The van der Waals surface area contributed by atoms with E-state index in [0.717, 1.165) is 37.4 Å². The Hall–Kier alpha value is -1.79. The average Bonchev–Trinajstić information content (AvgIpc) is 2.46. The van der Waals surface area contributed by atoms with E-state index in [1.165, 1.54) is 0 Å². The number of benzene rings is 1. The van der Waals surface area contributed by atoms with Gasteiger partial charge in [0.15, 0.2) is 0 Å². The van der Waals surface area contributed by atoms with Crippen molar-refractivity contribution in [3.8, 4) is 11.8 Å². The second kappa shape index (κ2) is 6.40. The van der Waals surface area contributed by atoms with E-state index < -0.39 is 0 Å². The molecule has 0 aromatic heterocycles. The summed E-state index contributed by atoms with van der Waals surface area (Å²) < 4.78 is 0. The predicted octanol–water partition coefficient (Wildman–Crippen LogP) is 1.90. The maximum Gasteiger partial charge on any atom is 0.253 e. The van der Waals surface area contributed by atoms with E-state index in [-0.39, 0.29) is 12.5 Å². The summed E-state index contributed by atoms with van der Waals surface area (Å²) in [6, 6.07) is 7.26. The van der Waals surface area contributed by atoms with E-state index in [2.05, 4.69) is 18.8 Å². The number of hydrogen-bond donors (Lipinski definition) is 1. The van der Waals surface area contributed by atoms with Gasteiger partial charge in [-0.2, -0.15) is 0 Å². The smallest absolute Gasteiger partial charge is 0.253 e. The summed E-state index contributed by atoms with van der Waals surface area (Å²) in [6.07, 6.45) is 2.18. The van der Waals surface area contributed by atoms with Gasteiger partial charge in [-0.1, -0.05) is 18.8 Å². The van der Waals surface area contributed by atoms with E-state index in [4.69, 9.17) is 5.11 Å². The molecule has 0 spiro atoms. The molecule has 100 valence electrons. The van der Waals surface area contributed by atoms with Gasteiger partial charge >= 0.3 is 0 Å². The maximum absolute atomic E-state index is 12.3. The third-order valence-corrected chi connectivity index (χ3v) is 3.51. The van der Waals surface area contributed by atoms with Gasteiger partial charge in [-0.15, -0.1) is 0 Å². The van der Waals surface area contributed by atoms with Crippen molar-refractivity contribution in [3.63, 3.8) is 0 Å². The number of likely N-dealkylation sites (tertiary alicyclic amines) is 1. The van der Waals surface area contributed by atoms with Crippen LogP contribution in [0.3, 0.4) is 0 Å². The van der Waals surface area contributed by atoms with Crippen LogP contribution in [0.1, 0.15) is 35.7 Å². The molecule has 1 fully saturated rings. The fourth-order valence-electron chi connectivity index (χ4n) is 2.23. The molecule has 1 amide bonds. The molecule has 1 aromatic carbocycles. The van der Waals surface area contributed by atoms with Gasteiger partial charge in [-0.05, 0) is 43.0 Å². The van der Waals surface area contributed by atoms with Crippen molar-refractivity contribution >= 4 is 5.91 Å². The van der Waals surface area contributed by atoms with Crippen LogP contribution in [-0.2, 0) is 0 Å². The number of aliphatic hydroxyl groups excluding tert-OH is 1. The van der Waals surface area contributed by atoms with Gasteiger partial charge in [0.1, 0.15) is 6.61 Å². The van der Waals surface area contributed by atoms with Crippen LogP contribution in [0.5, 0.6) is 0 Å². The van der Waals surface area contributed by atoms with E-state index in [0.29, 0.717) is 5.56 Å². The SMILES string of the molecule is CC1CCN(C(=O)c2ccc(C#CCO)cc2)CC1. The number of nitrogens with zero attached hydrogens (tertiary/aromatic N) is 1. The highest BCUT2D eigenvalue weighted by Gasteiger charge is 2.21. The first kappa shape index (κ1) is 13.6. The van der Waals surface area contributed by atoms with Crippen LogP contribution in [0.2, 0.25) is 0 Å². The fourth-order valence-corrected chi connectivity index (χ4v) is 2.23. The van der Waals surface area contributed by atoms with Crippen LogP contribution >= 0.6 is 0 Å². The molecule has 0 aliphatic carbocycles. The molecule has 1 saturated heterocycles. The third kappa shape index (κ3) is 3.59. The summed E-state index contributed by atoms with van der Waals surface area (Å²) in [5.74, 6) is 6.24. The summed E-state index contributed by atoms with van der Waals surface area (Å²) in [6.45, 7) is 3.79. The number of amides is 1. The van der Waals surface area contributed by atoms with E-state index in [1.807, 2.05) is 29.2 Å².